The maximum absolute atomic E-state index is 9.25. The maximum Gasteiger partial charge on any atom is 0.122 e. The molecule has 1 N–H and O–H groups in total. The Morgan fingerprint density at radius 2 is 2.22 bits per heavy atom. The standard InChI is InChI=1S/C15H23NO2/c1-2-13-6-3-4-8-15(13)18-11-10-16-9-5-7-14(16)12-17/h3-4,6,8,14,17H,2,5,7,9-12H2,1H3. The number of likely N-dealkylation sites (tertiary alicyclic amines) is 1. The molecule has 1 aliphatic rings. The van der Waals surface area contributed by atoms with Gasteiger partial charge in [-0.25, -0.2) is 0 Å². The Hall–Kier alpha value is -1.06. The number of ether oxygens (including phenoxy) is 1. The topological polar surface area (TPSA) is 32.7 Å². The van der Waals surface area contributed by atoms with Crippen LogP contribution in [0.15, 0.2) is 24.3 Å². The van der Waals surface area contributed by atoms with E-state index >= 15 is 0 Å². The average Bonchev–Trinajstić information content (AvgIpc) is 2.87. The molecule has 3 heteroatoms. The molecule has 2 rings (SSSR count). The van der Waals surface area contributed by atoms with Crippen molar-refractivity contribution < 1.29 is 9.84 Å². The molecule has 0 bridgehead atoms. The first kappa shape index (κ1) is 13.4. The van der Waals surface area contributed by atoms with Crippen LogP contribution in [0.4, 0.5) is 0 Å². The first-order chi connectivity index (χ1) is 8.85. The second-order valence-electron chi connectivity index (χ2n) is 4.82. The number of aryl methyl sites for hydroxylation is 1. The van der Waals surface area contributed by atoms with Crippen LogP contribution in [0, 0.1) is 0 Å². The summed E-state index contributed by atoms with van der Waals surface area (Å²) in [5, 5.41) is 9.25. The van der Waals surface area contributed by atoms with Crippen LogP contribution in [0.1, 0.15) is 25.3 Å². The van der Waals surface area contributed by atoms with Gasteiger partial charge in [-0.2, -0.15) is 0 Å². The van der Waals surface area contributed by atoms with Gasteiger partial charge in [-0.05, 0) is 37.4 Å². The van der Waals surface area contributed by atoms with E-state index in [-0.39, 0.29) is 6.61 Å². The van der Waals surface area contributed by atoms with Crippen LogP contribution in [0.25, 0.3) is 0 Å². The molecular formula is C15H23NO2. The van der Waals surface area contributed by atoms with Crippen molar-refractivity contribution in [2.75, 3.05) is 26.3 Å². The average molecular weight is 249 g/mol. The fourth-order valence-corrected chi connectivity index (χ4v) is 2.61. The van der Waals surface area contributed by atoms with Gasteiger partial charge in [0.05, 0.1) is 6.61 Å². The normalized spacial score (nSPS) is 20.2. The molecule has 1 atom stereocenters. The van der Waals surface area contributed by atoms with E-state index in [9.17, 15) is 5.11 Å². The molecule has 0 radical (unpaired) electrons. The fourth-order valence-electron chi connectivity index (χ4n) is 2.61. The number of aliphatic hydroxyl groups is 1. The largest absolute Gasteiger partial charge is 0.492 e. The van der Waals surface area contributed by atoms with Gasteiger partial charge in [0, 0.05) is 12.6 Å². The lowest BCUT2D eigenvalue weighted by atomic mass is 10.1. The highest BCUT2D eigenvalue weighted by molar-refractivity contribution is 5.33. The number of aliphatic hydroxyl groups excluding tert-OH is 1. The molecular weight excluding hydrogens is 226 g/mol. The van der Waals surface area contributed by atoms with Gasteiger partial charge in [-0.3, -0.25) is 4.90 Å². The quantitative estimate of drug-likeness (QED) is 0.838. The highest BCUT2D eigenvalue weighted by Gasteiger charge is 2.23. The van der Waals surface area contributed by atoms with Gasteiger partial charge >= 0.3 is 0 Å². The molecule has 0 amide bonds. The molecule has 1 saturated heterocycles. The molecule has 0 spiro atoms. The van der Waals surface area contributed by atoms with Crippen LogP contribution in [-0.2, 0) is 6.42 Å². The zero-order valence-electron chi connectivity index (χ0n) is 11.1. The van der Waals surface area contributed by atoms with Crippen LogP contribution < -0.4 is 4.74 Å². The third kappa shape index (κ3) is 3.24. The van der Waals surface area contributed by atoms with Crippen LogP contribution >= 0.6 is 0 Å². The predicted octanol–water partition coefficient (Wildman–Crippen LogP) is 2.08. The van der Waals surface area contributed by atoms with Gasteiger partial charge in [0.1, 0.15) is 12.4 Å². The zero-order chi connectivity index (χ0) is 12.8. The smallest absolute Gasteiger partial charge is 0.122 e. The molecule has 1 unspecified atom stereocenters. The summed E-state index contributed by atoms with van der Waals surface area (Å²) in [4.78, 5) is 2.33. The lowest BCUT2D eigenvalue weighted by Crippen LogP contribution is -2.35. The summed E-state index contributed by atoms with van der Waals surface area (Å²) in [6.07, 6.45) is 3.30. The molecule has 18 heavy (non-hydrogen) atoms. The minimum atomic E-state index is 0.269. The number of rotatable bonds is 6. The van der Waals surface area contributed by atoms with E-state index in [1.165, 1.54) is 12.0 Å². The Labute approximate surface area is 109 Å². The summed E-state index contributed by atoms with van der Waals surface area (Å²) in [6.45, 7) is 5.11. The van der Waals surface area contributed by atoms with Crippen molar-refractivity contribution in [3.05, 3.63) is 29.8 Å². The summed E-state index contributed by atoms with van der Waals surface area (Å²) in [7, 11) is 0. The minimum Gasteiger partial charge on any atom is -0.492 e. The molecule has 0 aromatic heterocycles. The number of nitrogens with zero attached hydrogens (tertiary/aromatic N) is 1. The van der Waals surface area contributed by atoms with E-state index in [2.05, 4.69) is 17.9 Å². The fraction of sp³-hybridized carbons (Fsp3) is 0.600. The van der Waals surface area contributed by atoms with E-state index in [0.717, 1.165) is 31.7 Å². The second-order valence-corrected chi connectivity index (χ2v) is 4.82. The SMILES string of the molecule is CCc1ccccc1OCCN1CCCC1CO. The molecule has 1 fully saturated rings. The molecule has 1 aliphatic heterocycles. The summed E-state index contributed by atoms with van der Waals surface area (Å²) in [6, 6.07) is 8.55. The second kappa shape index (κ2) is 6.76. The summed E-state index contributed by atoms with van der Waals surface area (Å²) in [5.74, 6) is 1.000. The molecule has 0 aliphatic carbocycles. The molecule has 1 heterocycles. The van der Waals surface area contributed by atoms with Crippen molar-refractivity contribution in [3.8, 4) is 5.75 Å². The lowest BCUT2D eigenvalue weighted by molar-refractivity contribution is 0.139. The van der Waals surface area contributed by atoms with E-state index in [1.807, 2.05) is 18.2 Å². The summed E-state index contributed by atoms with van der Waals surface area (Å²) < 4.78 is 5.86. The Kier molecular flexibility index (Phi) is 5.02. The van der Waals surface area contributed by atoms with E-state index in [4.69, 9.17) is 4.74 Å². The third-order valence-electron chi connectivity index (χ3n) is 3.70. The summed E-state index contributed by atoms with van der Waals surface area (Å²) in [5.41, 5.74) is 1.26. The molecule has 1 aromatic rings. The third-order valence-corrected chi connectivity index (χ3v) is 3.70. The Bertz CT molecular complexity index is 367. The van der Waals surface area contributed by atoms with E-state index in [0.29, 0.717) is 12.6 Å². The van der Waals surface area contributed by atoms with Crippen molar-refractivity contribution >= 4 is 0 Å². The van der Waals surface area contributed by atoms with Crippen LogP contribution in [-0.4, -0.2) is 42.4 Å². The minimum absolute atomic E-state index is 0.269. The van der Waals surface area contributed by atoms with Gasteiger partial charge in [-0.1, -0.05) is 25.1 Å². The molecule has 100 valence electrons. The highest BCUT2D eigenvalue weighted by Crippen LogP contribution is 2.19. The van der Waals surface area contributed by atoms with Gasteiger partial charge in [0.15, 0.2) is 0 Å². The highest BCUT2D eigenvalue weighted by atomic mass is 16.5. The first-order valence-electron chi connectivity index (χ1n) is 6.90. The molecule has 1 aromatic carbocycles. The van der Waals surface area contributed by atoms with Crippen LogP contribution in [0.5, 0.6) is 5.75 Å². The monoisotopic (exact) mass is 249 g/mol. The van der Waals surface area contributed by atoms with Crippen molar-refractivity contribution in [2.45, 2.75) is 32.2 Å². The van der Waals surface area contributed by atoms with Gasteiger partial charge in [0.25, 0.3) is 0 Å². The number of hydrogen-bond donors (Lipinski definition) is 1. The zero-order valence-corrected chi connectivity index (χ0v) is 11.1. The number of benzene rings is 1. The molecule has 0 saturated carbocycles. The number of hydrogen-bond acceptors (Lipinski definition) is 3. The van der Waals surface area contributed by atoms with Crippen molar-refractivity contribution in [2.24, 2.45) is 0 Å². The van der Waals surface area contributed by atoms with Gasteiger partial charge in [-0.15, -0.1) is 0 Å². The number of para-hydroxylation sites is 1. The van der Waals surface area contributed by atoms with Crippen molar-refractivity contribution in [1.82, 2.24) is 4.90 Å². The Balaban J connectivity index is 1.81. The van der Waals surface area contributed by atoms with Crippen LogP contribution in [0.3, 0.4) is 0 Å². The maximum atomic E-state index is 9.25. The van der Waals surface area contributed by atoms with E-state index < -0.39 is 0 Å². The van der Waals surface area contributed by atoms with Gasteiger partial charge < -0.3 is 9.84 Å². The first-order valence-corrected chi connectivity index (χ1v) is 6.90. The van der Waals surface area contributed by atoms with Crippen LogP contribution in [0.2, 0.25) is 0 Å². The Morgan fingerprint density at radius 3 is 3.00 bits per heavy atom. The Morgan fingerprint density at radius 1 is 1.39 bits per heavy atom. The predicted molar refractivity (Wildman–Crippen MR) is 73.0 cm³/mol. The van der Waals surface area contributed by atoms with Gasteiger partial charge in [0.2, 0.25) is 0 Å². The molecule has 3 nitrogen and oxygen atoms in total. The van der Waals surface area contributed by atoms with E-state index in [1.54, 1.807) is 0 Å². The van der Waals surface area contributed by atoms with Crippen molar-refractivity contribution in [3.63, 3.8) is 0 Å². The summed E-state index contributed by atoms with van der Waals surface area (Å²) >= 11 is 0. The van der Waals surface area contributed by atoms with Crippen molar-refractivity contribution in [1.29, 1.82) is 0 Å². The lowest BCUT2D eigenvalue weighted by Gasteiger charge is -2.22.